The van der Waals surface area contributed by atoms with E-state index in [1.807, 2.05) is 84.9 Å². The molecule has 0 saturated heterocycles. The maximum absolute atomic E-state index is 12.3. The molecule has 0 aliphatic heterocycles. The van der Waals surface area contributed by atoms with E-state index in [1.165, 1.54) is 11.3 Å². The first-order valence-electron chi connectivity index (χ1n) is 10.5. The fourth-order valence-electron chi connectivity index (χ4n) is 3.30. The lowest BCUT2D eigenvalue weighted by molar-refractivity contribution is 0.0894. The smallest absolute Gasteiger partial charge is 0.261 e. The van der Waals surface area contributed by atoms with Gasteiger partial charge in [-0.3, -0.25) is 9.59 Å². The average molecular weight is 445 g/mol. The topological polar surface area (TPSA) is 67.4 Å². The number of rotatable bonds is 9. The monoisotopic (exact) mass is 444 g/mol. The summed E-state index contributed by atoms with van der Waals surface area (Å²) in [4.78, 5) is 25.2. The summed E-state index contributed by atoms with van der Waals surface area (Å²) in [5.41, 5.74) is 2.80. The van der Waals surface area contributed by atoms with E-state index in [0.717, 1.165) is 21.2 Å². The predicted molar refractivity (Wildman–Crippen MR) is 129 cm³/mol. The Bertz CT molecular complexity index is 1150. The van der Waals surface area contributed by atoms with Gasteiger partial charge >= 0.3 is 0 Å². The highest BCUT2D eigenvalue weighted by molar-refractivity contribution is 7.20. The number of carbonyl (C=O) groups is 2. The molecule has 0 radical (unpaired) electrons. The molecule has 2 amide bonds. The first-order chi connectivity index (χ1) is 15.7. The van der Waals surface area contributed by atoms with Crippen LogP contribution in [0.15, 0.2) is 84.9 Å². The van der Waals surface area contributed by atoms with E-state index < -0.39 is 0 Å². The summed E-state index contributed by atoms with van der Waals surface area (Å²) in [6.45, 7) is 1.59. The Kier molecular flexibility index (Phi) is 7.27. The Balaban J connectivity index is 1.13. The van der Waals surface area contributed by atoms with Crippen LogP contribution >= 0.6 is 11.3 Å². The second-order valence-electron chi connectivity index (χ2n) is 7.22. The van der Waals surface area contributed by atoms with Gasteiger partial charge in [-0.25, -0.2) is 0 Å². The van der Waals surface area contributed by atoms with Gasteiger partial charge in [-0.2, -0.15) is 0 Å². The molecule has 3 aromatic carbocycles. The van der Waals surface area contributed by atoms with Gasteiger partial charge in [0.25, 0.3) is 11.8 Å². The zero-order chi connectivity index (χ0) is 22.2. The molecule has 0 unspecified atom stereocenters. The minimum Gasteiger partial charge on any atom is -0.378 e. The summed E-state index contributed by atoms with van der Waals surface area (Å²) < 4.78 is 6.61. The molecule has 2 N–H and O–H groups in total. The fourth-order valence-corrected chi connectivity index (χ4v) is 4.28. The molecule has 6 heteroatoms. The molecular weight excluding hydrogens is 420 g/mol. The van der Waals surface area contributed by atoms with E-state index in [9.17, 15) is 9.59 Å². The van der Waals surface area contributed by atoms with Gasteiger partial charge in [0.05, 0.1) is 18.1 Å². The maximum atomic E-state index is 12.3. The predicted octanol–water partition coefficient (Wildman–Crippen LogP) is 4.74. The van der Waals surface area contributed by atoms with Crippen molar-refractivity contribution in [2.24, 2.45) is 0 Å². The molecular formula is C26H24N2O3S. The highest BCUT2D eigenvalue weighted by Crippen LogP contribution is 2.25. The van der Waals surface area contributed by atoms with Crippen molar-refractivity contribution in [1.29, 1.82) is 0 Å². The van der Waals surface area contributed by atoms with E-state index in [0.29, 0.717) is 36.7 Å². The third-order valence-electron chi connectivity index (χ3n) is 4.97. The van der Waals surface area contributed by atoms with Crippen molar-refractivity contribution in [3.63, 3.8) is 0 Å². The molecule has 0 spiro atoms. The molecule has 0 aliphatic rings. The van der Waals surface area contributed by atoms with E-state index >= 15 is 0 Å². The van der Waals surface area contributed by atoms with Crippen molar-refractivity contribution < 1.29 is 14.3 Å². The highest BCUT2D eigenvalue weighted by atomic mass is 32.1. The average Bonchev–Trinajstić information content (AvgIpc) is 3.28. The van der Waals surface area contributed by atoms with Crippen molar-refractivity contribution in [2.75, 3.05) is 26.3 Å². The summed E-state index contributed by atoms with van der Waals surface area (Å²) in [7, 11) is 0. The first kappa shape index (κ1) is 21.7. The molecule has 4 rings (SSSR count). The number of benzene rings is 3. The molecule has 5 nitrogen and oxygen atoms in total. The van der Waals surface area contributed by atoms with Crippen molar-refractivity contribution in [1.82, 2.24) is 10.6 Å². The van der Waals surface area contributed by atoms with Gasteiger partial charge in [0.1, 0.15) is 0 Å². The number of ether oxygens (including phenoxy) is 1. The Hall–Kier alpha value is -3.48. The zero-order valence-electron chi connectivity index (χ0n) is 17.5. The molecule has 0 fully saturated rings. The Morgan fingerprint density at radius 2 is 1.34 bits per heavy atom. The summed E-state index contributed by atoms with van der Waals surface area (Å²) >= 11 is 1.48. The van der Waals surface area contributed by atoms with Crippen LogP contribution in [0.4, 0.5) is 0 Å². The van der Waals surface area contributed by atoms with Crippen LogP contribution in [0.25, 0.3) is 21.2 Å². The maximum Gasteiger partial charge on any atom is 0.261 e. The number of thiophene rings is 1. The molecule has 0 saturated carbocycles. The van der Waals surface area contributed by atoms with Gasteiger partial charge in [-0.15, -0.1) is 11.3 Å². The number of hydrogen-bond donors (Lipinski definition) is 2. The quantitative estimate of drug-likeness (QED) is 0.366. The number of hydrogen-bond acceptors (Lipinski definition) is 4. The molecule has 32 heavy (non-hydrogen) atoms. The van der Waals surface area contributed by atoms with Crippen LogP contribution in [0.3, 0.4) is 0 Å². The fraction of sp³-hybridized carbons (Fsp3) is 0.154. The molecule has 4 aromatic rings. The summed E-state index contributed by atoms with van der Waals surface area (Å²) in [6.07, 6.45) is 0. The van der Waals surface area contributed by atoms with Gasteiger partial charge < -0.3 is 15.4 Å². The van der Waals surface area contributed by atoms with Crippen LogP contribution in [-0.2, 0) is 4.74 Å². The number of amides is 2. The van der Waals surface area contributed by atoms with Gasteiger partial charge in [-0.1, -0.05) is 60.7 Å². The third kappa shape index (κ3) is 5.60. The third-order valence-corrected chi connectivity index (χ3v) is 6.08. The largest absolute Gasteiger partial charge is 0.378 e. The molecule has 0 bridgehead atoms. The van der Waals surface area contributed by atoms with Crippen LogP contribution in [0.5, 0.6) is 0 Å². The van der Waals surface area contributed by atoms with Crippen molar-refractivity contribution >= 4 is 33.2 Å². The molecule has 1 heterocycles. The minimum atomic E-state index is -0.133. The first-order valence-corrected chi connectivity index (χ1v) is 11.3. The van der Waals surface area contributed by atoms with E-state index in [4.69, 9.17) is 4.74 Å². The van der Waals surface area contributed by atoms with Crippen molar-refractivity contribution in [3.8, 4) is 11.1 Å². The molecule has 0 atom stereocenters. The van der Waals surface area contributed by atoms with E-state index in [1.54, 1.807) is 0 Å². The number of nitrogens with one attached hydrogen (secondary N) is 2. The van der Waals surface area contributed by atoms with Gasteiger partial charge in [0.15, 0.2) is 0 Å². The standard InChI is InChI=1S/C26H24N2O3S/c29-25(21-12-10-20(11-13-21)19-6-2-1-3-7-19)27-14-16-31-17-15-28-26(30)24-18-22-8-4-5-9-23(22)32-24/h1-13,18H,14-17H2,(H,27,29)(H,28,30). The van der Waals surface area contributed by atoms with Gasteiger partial charge in [-0.05, 0) is 40.8 Å². The minimum absolute atomic E-state index is 0.0953. The Labute approximate surface area is 191 Å². The Morgan fingerprint density at radius 3 is 2.06 bits per heavy atom. The normalized spacial score (nSPS) is 10.8. The van der Waals surface area contributed by atoms with Gasteiger partial charge in [0.2, 0.25) is 0 Å². The second kappa shape index (κ2) is 10.7. The van der Waals surface area contributed by atoms with E-state index in [-0.39, 0.29) is 11.8 Å². The van der Waals surface area contributed by atoms with Crippen LogP contribution in [0, 0.1) is 0 Å². The lowest BCUT2D eigenvalue weighted by Gasteiger charge is -2.08. The van der Waals surface area contributed by atoms with Crippen molar-refractivity contribution in [3.05, 3.63) is 95.4 Å². The summed E-state index contributed by atoms with van der Waals surface area (Å²) in [5, 5.41) is 6.79. The molecule has 162 valence electrons. The Morgan fingerprint density at radius 1 is 0.719 bits per heavy atom. The summed E-state index contributed by atoms with van der Waals surface area (Å²) in [6, 6.07) is 27.4. The van der Waals surface area contributed by atoms with Crippen LogP contribution in [0.2, 0.25) is 0 Å². The second-order valence-corrected chi connectivity index (χ2v) is 8.30. The number of carbonyl (C=O) groups excluding carboxylic acids is 2. The van der Waals surface area contributed by atoms with Gasteiger partial charge in [0, 0.05) is 23.4 Å². The summed E-state index contributed by atoms with van der Waals surface area (Å²) in [5.74, 6) is -0.228. The lowest BCUT2D eigenvalue weighted by Crippen LogP contribution is -2.30. The van der Waals surface area contributed by atoms with Crippen molar-refractivity contribution in [2.45, 2.75) is 0 Å². The molecule has 1 aromatic heterocycles. The molecule has 0 aliphatic carbocycles. The van der Waals surface area contributed by atoms with Crippen LogP contribution in [-0.4, -0.2) is 38.1 Å². The van der Waals surface area contributed by atoms with Crippen LogP contribution in [0.1, 0.15) is 20.0 Å². The SMILES string of the molecule is O=C(NCCOCCNC(=O)c1cc2ccccc2s1)c1ccc(-c2ccccc2)cc1. The number of fused-ring (bicyclic) bond motifs is 1. The van der Waals surface area contributed by atoms with E-state index in [2.05, 4.69) is 10.6 Å². The van der Waals surface area contributed by atoms with Crippen LogP contribution < -0.4 is 10.6 Å². The lowest BCUT2D eigenvalue weighted by atomic mass is 10.0. The zero-order valence-corrected chi connectivity index (χ0v) is 18.4. The highest BCUT2D eigenvalue weighted by Gasteiger charge is 2.09.